The molecular weight excluding hydrogens is 142 g/mol. The second kappa shape index (κ2) is 2.74. The van der Waals surface area contributed by atoms with Crippen molar-refractivity contribution in [3.05, 3.63) is 17.0 Å². The van der Waals surface area contributed by atoms with Crippen LogP contribution in [0.2, 0.25) is 0 Å². The highest BCUT2D eigenvalue weighted by Gasteiger charge is 2.11. The summed E-state index contributed by atoms with van der Waals surface area (Å²) in [5.41, 5.74) is 2.32. The van der Waals surface area contributed by atoms with Crippen LogP contribution in [-0.4, -0.2) is 23.2 Å². The fourth-order valence-electron chi connectivity index (χ4n) is 0.825. The molecule has 4 heteroatoms. The summed E-state index contributed by atoms with van der Waals surface area (Å²) >= 11 is 0. The van der Waals surface area contributed by atoms with Crippen LogP contribution in [-0.2, 0) is 0 Å². The highest BCUT2D eigenvalue weighted by Crippen LogP contribution is 2.07. The number of aromatic nitrogens is 2. The first-order chi connectivity index (χ1) is 5.16. The lowest BCUT2D eigenvalue weighted by Gasteiger charge is -1.94. The summed E-state index contributed by atoms with van der Waals surface area (Å²) in [6.45, 7) is 3.75. The lowest BCUT2D eigenvalue weighted by atomic mass is 10.2. The first-order valence-corrected chi connectivity index (χ1v) is 3.40. The fraction of sp³-hybridized carbons (Fsp3) is 0.429. The van der Waals surface area contributed by atoms with E-state index in [-0.39, 0.29) is 5.91 Å². The Morgan fingerprint density at radius 2 is 2.18 bits per heavy atom. The van der Waals surface area contributed by atoms with Crippen molar-refractivity contribution in [2.24, 2.45) is 0 Å². The number of aryl methyl sites for hydroxylation is 1. The van der Waals surface area contributed by atoms with Crippen molar-refractivity contribution in [1.82, 2.24) is 15.5 Å². The van der Waals surface area contributed by atoms with Crippen LogP contribution >= 0.6 is 0 Å². The van der Waals surface area contributed by atoms with Crippen molar-refractivity contribution in [2.45, 2.75) is 13.8 Å². The van der Waals surface area contributed by atoms with Gasteiger partial charge in [-0.15, -0.1) is 0 Å². The minimum Gasteiger partial charge on any atom is -0.354 e. The average molecular weight is 153 g/mol. The molecule has 0 aliphatic heterocycles. The van der Waals surface area contributed by atoms with Crippen molar-refractivity contribution >= 4 is 5.91 Å². The predicted octanol–water partition coefficient (Wildman–Crippen LogP) is 0.386. The van der Waals surface area contributed by atoms with E-state index in [0.717, 1.165) is 11.3 Å². The zero-order chi connectivity index (χ0) is 8.43. The number of carbonyl (C=O) groups is 1. The zero-order valence-corrected chi connectivity index (χ0v) is 6.86. The number of rotatable bonds is 1. The largest absolute Gasteiger partial charge is 0.354 e. The molecule has 0 bridgehead atoms. The van der Waals surface area contributed by atoms with Crippen molar-refractivity contribution in [3.63, 3.8) is 0 Å². The number of nitrogens with one attached hydrogen (secondary N) is 2. The Balaban J connectivity index is 3.04. The molecule has 1 aromatic rings. The number of hydrogen-bond acceptors (Lipinski definition) is 2. The van der Waals surface area contributed by atoms with Crippen molar-refractivity contribution in [1.29, 1.82) is 0 Å². The molecule has 0 saturated carbocycles. The van der Waals surface area contributed by atoms with Gasteiger partial charge in [-0.2, -0.15) is 5.10 Å². The molecule has 11 heavy (non-hydrogen) atoms. The van der Waals surface area contributed by atoms with Crippen LogP contribution in [0.25, 0.3) is 0 Å². The number of nitrogens with zero attached hydrogens (tertiary/aromatic N) is 1. The molecular formula is C7H11N3O. The number of aromatic amines is 1. The summed E-state index contributed by atoms with van der Waals surface area (Å²) in [6, 6.07) is 0. The van der Waals surface area contributed by atoms with Gasteiger partial charge in [0.1, 0.15) is 0 Å². The van der Waals surface area contributed by atoms with Crippen molar-refractivity contribution in [3.8, 4) is 0 Å². The second-order valence-electron chi connectivity index (χ2n) is 2.40. The predicted molar refractivity (Wildman–Crippen MR) is 41.5 cm³/mol. The van der Waals surface area contributed by atoms with E-state index in [1.807, 2.05) is 13.8 Å². The first kappa shape index (κ1) is 7.78. The highest BCUT2D eigenvalue weighted by molar-refractivity contribution is 5.93. The molecule has 4 nitrogen and oxygen atoms in total. The number of amides is 1. The van der Waals surface area contributed by atoms with Gasteiger partial charge >= 0.3 is 0 Å². The topological polar surface area (TPSA) is 57.8 Å². The van der Waals surface area contributed by atoms with Gasteiger partial charge in [0.15, 0.2) is 5.69 Å². The SMILES string of the molecule is CNC(=O)c1n[nH]c(C)c1C. The molecule has 0 atom stereocenters. The smallest absolute Gasteiger partial charge is 0.271 e. The van der Waals surface area contributed by atoms with Gasteiger partial charge in [-0.05, 0) is 13.8 Å². The first-order valence-electron chi connectivity index (χ1n) is 3.40. The van der Waals surface area contributed by atoms with Gasteiger partial charge in [-0.25, -0.2) is 0 Å². The van der Waals surface area contributed by atoms with Gasteiger partial charge in [-0.3, -0.25) is 9.89 Å². The van der Waals surface area contributed by atoms with Gasteiger partial charge in [0.25, 0.3) is 5.91 Å². The molecule has 0 spiro atoms. The molecule has 0 unspecified atom stereocenters. The Labute approximate surface area is 65.0 Å². The summed E-state index contributed by atoms with van der Waals surface area (Å²) in [5.74, 6) is -0.146. The molecule has 1 aromatic heterocycles. The van der Waals surface area contributed by atoms with Gasteiger partial charge in [-0.1, -0.05) is 0 Å². The van der Waals surface area contributed by atoms with Crippen LogP contribution in [0, 0.1) is 13.8 Å². The maximum Gasteiger partial charge on any atom is 0.271 e. The van der Waals surface area contributed by atoms with Gasteiger partial charge in [0.2, 0.25) is 0 Å². The van der Waals surface area contributed by atoms with Crippen molar-refractivity contribution in [2.75, 3.05) is 7.05 Å². The van der Waals surface area contributed by atoms with Crippen LogP contribution in [0.4, 0.5) is 0 Å². The van der Waals surface area contributed by atoms with E-state index in [1.165, 1.54) is 0 Å². The summed E-state index contributed by atoms with van der Waals surface area (Å²) in [7, 11) is 1.59. The molecule has 0 fully saturated rings. The molecule has 1 rings (SSSR count). The maximum atomic E-state index is 11.1. The van der Waals surface area contributed by atoms with Crippen LogP contribution in [0.3, 0.4) is 0 Å². The molecule has 0 aliphatic carbocycles. The summed E-state index contributed by atoms with van der Waals surface area (Å²) in [5, 5.41) is 9.10. The Morgan fingerprint density at radius 1 is 1.55 bits per heavy atom. The van der Waals surface area contributed by atoms with Crippen LogP contribution in [0.1, 0.15) is 21.7 Å². The number of H-pyrrole nitrogens is 1. The van der Waals surface area contributed by atoms with E-state index in [4.69, 9.17) is 0 Å². The van der Waals surface area contributed by atoms with Crippen LogP contribution in [0.5, 0.6) is 0 Å². The standard InChI is InChI=1S/C7H11N3O/c1-4-5(2)9-10-6(4)7(11)8-3/h1-3H3,(H,8,11)(H,9,10). The molecule has 0 saturated heterocycles. The lowest BCUT2D eigenvalue weighted by molar-refractivity contribution is 0.0957. The quantitative estimate of drug-likeness (QED) is 0.613. The molecule has 1 heterocycles. The molecule has 0 aliphatic rings. The van der Waals surface area contributed by atoms with Crippen LogP contribution < -0.4 is 5.32 Å². The summed E-state index contributed by atoms with van der Waals surface area (Å²) in [6.07, 6.45) is 0. The summed E-state index contributed by atoms with van der Waals surface area (Å²) in [4.78, 5) is 11.1. The van der Waals surface area contributed by atoms with E-state index in [2.05, 4.69) is 15.5 Å². The Kier molecular flexibility index (Phi) is 1.94. The Bertz CT molecular complexity index is 277. The van der Waals surface area contributed by atoms with E-state index < -0.39 is 0 Å². The van der Waals surface area contributed by atoms with E-state index in [1.54, 1.807) is 7.05 Å². The van der Waals surface area contributed by atoms with E-state index in [0.29, 0.717) is 5.69 Å². The average Bonchev–Trinajstić information content (AvgIpc) is 2.32. The molecule has 1 amide bonds. The Hall–Kier alpha value is -1.32. The molecule has 2 N–H and O–H groups in total. The van der Waals surface area contributed by atoms with Crippen molar-refractivity contribution < 1.29 is 4.79 Å². The third kappa shape index (κ3) is 1.24. The van der Waals surface area contributed by atoms with Gasteiger partial charge in [0.05, 0.1) is 0 Å². The number of hydrogen-bond donors (Lipinski definition) is 2. The highest BCUT2D eigenvalue weighted by atomic mass is 16.1. The minimum absolute atomic E-state index is 0.146. The van der Waals surface area contributed by atoms with E-state index in [9.17, 15) is 4.79 Å². The maximum absolute atomic E-state index is 11.1. The molecule has 0 aromatic carbocycles. The number of carbonyl (C=O) groups excluding carboxylic acids is 1. The molecule has 0 radical (unpaired) electrons. The zero-order valence-electron chi connectivity index (χ0n) is 6.86. The molecule has 60 valence electrons. The second-order valence-corrected chi connectivity index (χ2v) is 2.40. The normalized spacial score (nSPS) is 9.73. The van der Waals surface area contributed by atoms with E-state index >= 15 is 0 Å². The Morgan fingerprint density at radius 3 is 2.55 bits per heavy atom. The fourth-order valence-corrected chi connectivity index (χ4v) is 0.825. The third-order valence-electron chi connectivity index (χ3n) is 1.70. The monoisotopic (exact) mass is 153 g/mol. The lowest BCUT2D eigenvalue weighted by Crippen LogP contribution is -2.19. The van der Waals surface area contributed by atoms with Gasteiger partial charge in [0, 0.05) is 18.3 Å². The van der Waals surface area contributed by atoms with Crippen LogP contribution in [0.15, 0.2) is 0 Å². The third-order valence-corrected chi connectivity index (χ3v) is 1.70. The summed E-state index contributed by atoms with van der Waals surface area (Å²) < 4.78 is 0. The van der Waals surface area contributed by atoms with Gasteiger partial charge < -0.3 is 5.32 Å². The minimum atomic E-state index is -0.146.